The van der Waals surface area contributed by atoms with Crippen LogP contribution in [0, 0.1) is 5.82 Å². The summed E-state index contributed by atoms with van der Waals surface area (Å²) in [6, 6.07) is 10.2. The molecule has 1 amide bonds. The number of amides is 1. The Morgan fingerprint density at radius 2 is 2.06 bits per heavy atom. The smallest absolute Gasteiger partial charge is 0.251 e. The Morgan fingerprint density at radius 1 is 1.26 bits per heavy atom. The third-order valence-electron chi connectivity index (χ3n) is 5.59. The van der Waals surface area contributed by atoms with Crippen molar-refractivity contribution in [2.75, 3.05) is 25.9 Å². The molecule has 1 saturated heterocycles. The molecule has 5 nitrogen and oxygen atoms in total. The van der Waals surface area contributed by atoms with E-state index in [1.165, 1.54) is 6.07 Å². The molecule has 0 radical (unpaired) electrons. The molecule has 2 atom stereocenters. The Morgan fingerprint density at radius 3 is 2.77 bits per heavy atom. The average Bonchev–Trinajstić information content (AvgIpc) is 2.78. The minimum atomic E-state index is -1.16. The van der Waals surface area contributed by atoms with Gasteiger partial charge in [0.1, 0.15) is 5.82 Å². The predicted octanol–water partition coefficient (Wildman–Crippen LogP) is 3.72. The number of benzene rings is 2. The van der Waals surface area contributed by atoms with Crippen LogP contribution >= 0.6 is 11.6 Å². The summed E-state index contributed by atoms with van der Waals surface area (Å²) in [6.45, 7) is 4.37. The summed E-state index contributed by atoms with van der Waals surface area (Å²) in [5.74, 6) is -0.289. The highest BCUT2D eigenvalue weighted by molar-refractivity contribution is 7.85. The van der Waals surface area contributed by atoms with Gasteiger partial charge < -0.3 is 10.6 Å². The van der Waals surface area contributed by atoms with E-state index in [2.05, 4.69) is 15.5 Å². The second-order valence-corrected chi connectivity index (χ2v) is 9.88. The third-order valence-corrected chi connectivity index (χ3v) is 7.24. The Balaban J connectivity index is 1.65. The Labute approximate surface area is 190 Å². The highest BCUT2D eigenvalue weighted by Crippen LogP contribution is 2.20. The third kappa shape index (κ3) is 6.35. The van der Waals surface area contributed by atoms with Gasteiger partial charge in [0, 0.05) is 52.5 Å². The summed E-state index contributed by atoms with van der Waals surface area (Å²) in [5, 5.41) is 6.58. The molecular weight excluding hydrogens is 437 g/mol. The largest absolute Gasteiger partial charge is 0.348 e. The fourth-order valence-corrected chi connectivity index (χ4v) is 4.98. The number of likely N-dealkylation sites (N-methyl/N-ethyl adjacent to an activating group) is 1. The number of piperidine rings is 1. The predicted molar refractivity (Wildman–Crippen MR) is 123 cm³/mol. The van der Waals surface area contributed by atoms with Crippen LogP contribution in [0.1, 0.15) is 41.3 Å². The first kappa shape index (κ1) is 23.9. The molecule has 8 heteroatoms. The zero-order chi connectivity index (χ0) is 22.4. The summed E-state index contributed by atoms with van der Waals surface area (Å²) in [7, 11) is 0.790. The normalized spacial score (nSPS) is 18.0. The number of hydrogen-bond donors (Lipinski definition) is 2. The van der Waals surface area contributed by atoms with Gasteiger partial charge in [-0.05, 0) is 62.3 Å². The van der Waals surface area contributed by atoms with Crippen LogP contribution in [0.3, 0.4) is 0 Å². The maximum absolute atomic E-state index is 14.7. The molecule has 0 bridgehead atoms. The number of carbonyl (C=O) groups excluding carboxylic acids is 1. The SMILES string of the molecule is CCS(=O)c1ccc(Cl)cc1CNC(=O)c1ccc(CN2CCC[C@@H](NC)C2)c(F)c1. The van der Waals surface area contributed by atoms with E-state index in [4.69, 9.17) is 11.6 Å². The van der Waals surface area contributed by atoms with Crippen LogP contribution < -0.4 is 10.6 Å². The van der Waals surface area contributed by atoms with Gasteiger partial charge >= 0.3 is 0 Å². The highest BCUT2D eigenvalue weighted by Gasteiger charge is 2.20. The van der Waals surface area contributed by atoms with Gasteiger partial charge in [0.05, 0.1) is 10.8 Å². The van der Waals surface area contributed by atoms with Crippen LogP contribution in [0.4, 0.5) is 4.39 Å². The monoisotopic (exact) mass is 465 g/mol. The van der Waals surface area contributed by atoms with E-state index in [0.29, 0.717) is 39.4 Å². The van der Waals surface area contributed by atoms with Gasteiger partial charge in [0.2, 0.25) is 0 Å². The van der Waals surface area contributed by atoms with Crippen molar-refractivity contribution in [1.29, 1.82) is 0 Å². The number of nitrogens with one attached hydrogen (secondary N) is 2. The first-order chi connectivity index (χ1) is 14.9. The Hall–Kier alpha value is -1.80. The summed E-state index contributed by atoms with van der Waals surface area (Å²) >= 11 is 6.06. The lowest BCUT2D eigenvalue weighted by molar-refractivity contribution is 0.0950. The Bertz CT molecular complexity index is 956. The number of nitrogens with zero attached hydrogens (tertiary/aromatic N) is 1. The highest BCUT2D eigenvalue weighted by atomic mass is 35.5. The standard InChI is InChI=1S/C23H29ClFN3O2S/c1-3-31(30)22-9-8-19(24)11-18(22)13-27-23(29)16-6-7-17(21(25)12-16)14-28-10-4-5-20(15-28)26-2/h6-9,11-12,20,26H,3-5,10,13-15H2,1-2H3,(H,27,29)/t20-,31?/m1/s1. The van der Waals surface area contributed by atoms with Gasteiger partial charge in [-0.15, -0.1) is 0 Å². The molecule has 1 unspecified atom stereocenters. The zero-order valence-corrected chi connectivity index (χ0v) is 19.5. The molecule has 1 fully saturated rings. The Kier molecular flexibility index (Phi) is 8.60. The first-order valence-corrected chi connectivity index (χ1v) is 12.2. The minimum Gasteiger partial charge on any atom is -0.348 e. The van der Waals surface area contributed by atoms with E-state index in [1.807, 2.05) is 14.0 Å². The average molecular weight is 466 g/mol. The van der Waals surface area contributed by atoms with Crippen LogP contribution in [0.25, 0.3) is 0 Å². The van der Waals surface area contributed by atoms with Crippen LogP contribution in [-0.4, -0.2) is 46.9 Å². The van der Waals surface area contributed by atoms with Crippen molar-refractivity contribution in [2.45, 2.75) is 43.8 Å². The van der Waals surface area contributed by atoms with Gasteiger partial charge in [-0.2, -0.15) is 0 Å². The summed E-state index contributed by atoms with van der Waals surface area (Å²) < 4.78 is 26.9. The van der Waals surface area contributed by atoms with Crippen molar-refractivity contribution in [2.24, 2.45) is 0 Å². The number of carbonyl (C=O) groups is 1. The van der Waals surface area contributed by atoms with Crippen molar-refractivity contribution in [1.82, 2.24) is 15.5 Å². The van der Waals surface area contributed by atoms with E-state index in [9.17, 15) is 13.4 Å². The molecule has 0 aliphatic carbocycles. The van der Waals surface area contributed by atoms with E-state index in [1.54, 1.807) is 30.3 Å². The van der Waals surface area contributed by atoms with Crippen LogP contribution in [0.15, 0.2) is 41.3 Å². The lowest BCUT2D eigenvalue weighted by atomic mass is 10.0. The molecule has 1 aliphatic rings. The van der Waals surface area contributed by atoms with E-state index >= 15 is 0 Å². The molecule has 168 valence electrons. The van der Waals surface area contributed by atoms with Crippen LogP contribution in [0.5, 0.6) is 0 Å². The van der Waals surface area contributed by atoms with E-state index < -0.39 is 10.8 Å². The lowest BCUT2D eigenvalue weighted by Crippen LogP contribution is -2.44. The quantitative estimate of drug-likeness (QED) is 0.623. The zero-order valence-electron chi connectivity index (χ0n) is 17.9. The fourth-order valence-electron chi connectivity index (χ4n) is 3.83. The molecule has 3 rings (SSSR count). The molecule has 1 heterocycles. The van der Waals surface area contributed by atoms with Gasteiger partial charge in [0.25, 0.3) is 5.91 Å². The second kappa shape index (κ2) is 11.2. The second-order valence-electron chi connectivity index (χ2n) is 7.74. The topological polar surface area (TPSA) is 61.4 Å². The maximum Gasteiger partial charge on any atom is 0.251 e. The van der Waals surface area contributed by atoms with Crippen molar-refractivity contribution in [3.63, 3.8) is 0 Å². The van der Waals surface area contributed by atoms with Crippen molar-refractivity contribution < 1.29 is 13.4 Å². The molecule has 0 aromatic heterocycles. The molecule has 2 N–H and O–H groups in total. The lowest BCUT2D eigenvalue weighted by Gasteiger charge is -2.32. The molecule has 2 aromatic carbocycles. The van der Waals surface area contributed by atoms with Crippen LogP contribution in [-0.2, 0) is 23.9 Å². The molecular formula is C23H29ClFN3O2S. The van der Waals surface area contributed by atoms with Crippen molar-refractivity contribution in [3.8, 4) is 0 Å². The molecule has 2 aromatic rings. The van der Waals surface area contributed by atoms with Crippen LogP contribution in [0.2, 0.25) is 5.02 Å². The molecule has 0 saturated carbocycles. The van der Waals surface area contributed by atoms with Gasteiger partial charge in [0.15, 0.2) is 0 Å². The van der Waals surface area contributed by atoms with Crippen molar-refractivity contribution in [3.05, 3.63) is 63.9 Å². The summed E-state index contributed by atoms with van der Waals surface area (Å²) in [4.78, 5) is 15.5. The molecule has 1 aliphatic heterocycles. The number of hydrogen-bond acceptors (Lipinski definition) is 4. The van der Waals surface area contributed by atoms with E-state index in [-0.39, 0.29) is 23.8 Å². The van der Waals surface area contributed by atoms with Crippen molar-refractivity contribution >= 4 is 28.3 Å². The number of halogens is 2. The maximum atomic E-state index is 14.7. The minimum absolute atomic E-state index is 0.170. The van der Waals surface area contributed by atoms with Gasteiger partial charge in [-0.1, -0.05) is 24.6 Å². The van der Waals surface area contributed by atoms with E-state index in [0.717, 1.165) is 25.9 Å². The number of rotatable bonds is 8. The molecule has 31 heavy (non-hydrogen) atoms. The summed E-state index contributed by atoms with van der Waals surface area (Å²) in [5.41, 5.74) is 1.54. The summed E-state index contributed by atoms with van der Waals surface area (Å²) in [6.07, 6.45) is 2.22. The number of likely N-dealkylation sites (tertiary alicyclic amines) is 1. The van der Waals surface area contributed by atoms with Gasteiger partial charge in [-0.25, -0.2) is 4.39 Å². The fraction of sp³-hybridized carbons (Fsp3) is 0.435. The first-order valence-electron chi connectivity index (χ1n) is 10.5. The van der Waals surface area contributed by atoms with Gasteiger partial charge in [-0.3, -0.25) is 13.9 Å². The molecule has 0 spiro atoms.